The summed E-state index contributed by atoms with van der Waals surface area (Å²) in [7, 11) is -1.35. The maximum atomic E-state index is 11.9. The Labute approximate surface area is 129 Å². The van der Waals surface area contributed by atoms with E-state index in [4.69, 9.17) is 4.52 Å². The Morgan fingerprint density at radius 3 is 2.86 bits per heavy atom. The van der Waals surface area contributed by atoms with Crippen LogP contribution in [0, 0.1) is 0 Å². The van der Waals surface area contributed by atoms with Crippen molar-refractivity contribution in [2.24, 2.45) is 0 Å². The molecule has 0 radical (unpaired) electrons. The summed E-state index contributed by atoms with van der Waals surface area (Å²) in [5.41, 5.74) is 0.440. The van der Waals surface area contributed by atoms with Gasteiger partial charge in [-0.1, -0.05) is 17.3 Å². The molecular weight excluding hydrogens is 304 g/mol. The molecule has 8 heteroatoms. The number of benzene rings is 1. The normalized spacial score (nSPS) is 20.2. The number of likely N-dealkylation sites (N-methyl/N-ethyl adjacent to an activating group) is 1. The maximum Gasteiger partial charge on any atom is 0.259 e. The largest absolute Gasteiger partial charge is 0.334 e. The second-order valence-corrected chi connectivity index (χ2v) is 7.41. The molecule has 3 rings (SSSR count). The second-order valence-electron chi connectivity index (χ2n) is 5.43. The van der Waals surface area contributed by atoms with Gasteiger partial charge in [0, 0.05) is 25.9 Å². The fourth-order valence-corrected chi connectivity index (χ4v) is 3.42. The van der Waals surface area contributed by atoms with E-state index in [0.717, 1.165) is 19.6 Å². The van der Waals surface area contributed by atoms with Gasteiger partial charge in [0.25, 0.3) is 5.89 Å². The summed E-state index contributed by atoms with van der Waals surface area (Å²) >= 11 is 0. The second kappa shape index (κ2) is 5.79. The van der Waals surface area contributed by atoms with Gasteiger partial charge in [-0.25, -0.2) is 8.42 Å². The Bertz CT molecular complexity index is 772. The molecule has 2 heterocycles. The van der Waals surface area contributed by atoms with Crippen molar-refractivity contribution in [3.05, 3.63) is 30.1 Å². The van der Waals surface area contributed by atoms with E-state index in [2.05, 4.69) is 20.4 Å². The third-order valence-electron chi connectivity index (χ3n) is 3.77. The quantitative estimate of drug-likeness (QED) is 0.890. The summed E-state index contributed by atoms with van der Waals surface area (Å²) in [6, 6.07) is 6.67. The van der Waals surface area contributed by atoms with Gasteiger partial charge >= 0.3 is 0 Å². The summed E-state index contributed by atoms with van der Waals surface area (Å²) < 4.78 is 29.1. The van der Waals surface area contributed by atoms with E-state index in [1.54, 1.807) is 24.3 Å². The van der Waals surface area contributed by atoms with E-state index in [-0.39, 0.29) is 16.8 Å². The first-order valence-electron chi connectivity index (χ1n) is 7.01. The van der Waals surface area contributed by atoms with Crippen molar-refractivity contribution in [3.63, 3.8) is 0 Å². The molecule has 1 aromatic carbocycles. The molecule has 1 atom stereocenters. The molecule has 1 saturated heterocycles. The summed E-state index contributed by atoms with van der Waals surface area (Å²) in [6.45, 7) is 2.56. The molecule has 1 fully saturated rings. The lowest BCUT2D eigenvalue weighted by Gasteiger charge is -2.30. The monoisotopic (exact) mass is 322 g/mol. The molecule has 0 spiro atoms. The molecule has 118 valence electrons. The summed E-state index contributed by atoms with van der Waals surface area (Å²) in [4.78, 5) is 6.75. The van der Waals surface area contributed by atoms with Crippen molar-refractivity contribution < 1.29 is 12.9 Å². The zero-order valence-electron chi connectivity index (χ0n) is 12.5. The van der Waals surface area contributed by atoms with Crippen LogP contribution in [0.4, 0.5) is 0 Å². The summed E-state index contributed by atoms with van der Waals surface area (Å²) in [5, 5.41) is 7.32. The van der Waals surface area contributed by atoms with Crippen molar-refractivity contribution in [2.45, 2.75) is 10.9 Å². The minimum Gasteiger partial charge on any atom is -0.334 e. The number of piperazine rings is 1. The lowest BCUT2D eigenvalue weighted by atomic mass is 10.2. The first kappa shape index (κ1) is 15.1. The zero-order chi connectivity index (χ0) is 15.7. The fourth-order valence-electron chi connectivity index (χ4n) is 2.54. The predicted octanol–water partition coefficient (Wildman–Crippen LogP) is 0.716. The van der Waals surface area contributed by atoms with E-state index < -0.39 is 9.84 Å². The molecule has 7 nitrogen and oxygen atoms in total. The molecule has 0 amide bonds. The standard InChI is InChI=1S/C14H18N4O3S/c1-18-8-7-15-9-11(18)13-16-14(21-17-13)10-5-3-4-6-12(10)22(2,19)20/h3-6,11,15H,7-9H2,1-2H3. The smallest absolute Gasteiger partial charge is 0.259 e. The Kier molecular flexibility index (Phi) is 3.98. The van der Waals surface area contributed by atoms with Gasteiger partial charge in [-0.15, -0.1) is 0 Å². The van der Waals surface area contributed by atoms with E-state index >= 15 is 0 Å². The molecule has 1 N–H and O–H groups in total. The van der Waals surface area contributed by atoms with Crippen LogP contribution in [-0.4, -0.2) is 56.4 Å². The minimum absolute atomic E-state index is 0.0247. The molecule has 0 saturated carbocycles. The van der Waals surface area contributed by atoms with E-state index in [0.29, 0.717) is 11.4 Å². The summed E-state index contributed by atoms with van der Waals surface area (Å²) in [5.74, 6) is 0.794. The van der Waals surface area contributed by atoms with Crippen LogP contribution in [0.1, 0.15) is 11.9 Å². The minimum atomic E-state index is -3.36. The predicted molar refractivity (Wildman–Crippen MR) is 81.1 cm³/mol. The molecular formula is C14H18N4O3S. The lowest BCUT2D eigenvalue weighted by Crippen LogP contribution is -2.44. The SMILES string of the molecule is CN1CCNCC1c1noc(-c2ccccc2S(C)(=O)=O)n1. The van der Waals surface area contributed by atoms with Crippen LogP contribution in [-0.2, 0) is 9.84 Å². The topological polar surface area (TPSA) is 88.3 Å². The Morgan fingerprint density at radius 1 is 1.36 bits per heavy atom. The highest BCUT2D eigenvalue weighted by atomic mass is 32.2. The van der Waals surface area contributed by atoms with Crippen LogP contribution < -0.4 is 5.32 Å². The molecule has 22 heavy (non-hydrogen) atoms. The average molecular weight is 322 g/mol. The number of rotatable bonds is 3. The molecule has 2 aromatic rings. The Hall–Kier alpha value is -1.77. The third-order valence-corrected chi connectivity index (χ3v) is 4.92. The van der Waals surface area contributed by atoms with E-state index in [1.807, 2.05) is 7.05 Å². The highest BCUT2D eigenvalue weighted by molar-refractivity contribution is 7.90. The molecule has 1 unspecified atom stereocenters. The van der Waals surface area contributed by atoms with Crippen LogP contribution in [0.25, 0.3) is 11.5 Å². The van der Waals surface area contributed by atoms with Gasteiger partial charge in [-0.3, -0.25) is 4.90 Å². The lowest BCUT2D eigenvalue weighted by molar-refractivity contribution is 0.190. The average Bonchev–Trinajstić information content (AvgIpc) is 2.96. The molecule has 1 aliphatic rings. The van der Waals surface area contributed by atoms with Gasteiger partial charge in [-0.2, -0.15) is 4.98 Å². The van der Waals surface area contributed by atoms with Crippen molar-refractivity contribution >= 4 is 9.84 Å². The number of hydrogen-bond donors (Lipinski definition) is 1. The van der Waals surface area contributed by atoms with Gasteiger partial charge in [0.2, 0.25) is 0 Å². The number of nitrogens with one attached hydrogen (secondary N) is 1. The van der Waals surface area contributed by atoms with E-state index in [9.17, 15) is 8.42 Å². The van der Waals surface area contributed by atoms with Crippen molar-refractivity contribution in [2.75, 3.05) is 32.9 Å². The van der Waals surface area contributed by atoms with Crippen LogP contribution in [0.15, 0.2) is 33.7 Å². The van der Waals surface area contributed by atoms with Crippen LogP contribution in [0.5, 0.6) is 0 Å². The van der Waals surface area contributed by atoms with Gasteiger partial charge in [0.1, 0.15) is 0 Å². The molecule has 0 bridgehead atoms. The first-order valence-corrected chi connectivity index (χ1v) is 8.90. The number of nitrogens with zero attached hydrogens (tertiary/aromatic N) is 3. The Balaban J connectivity index is 1.98. The fraction of sp³-hybridized carbons (Fsp3) is 0.429. The van der Waals surface area contributed by atoms with Crippen molar-refractivity contribution in [3.8, 4) is 11.5 Å². The third kappa shape index (κ3) is 2.90. The Morgan fingerprint density at radius 2 is 2.14 bits per heavy atom. The van der Waals surface area contributed by atoms with Crippen molar-refractivity contribution in [1.29, 1.82) is 0 Å². The molecule has 1 aliphatic heterocycles. The molecule has 1 aromatic heterocycles. The highest BCUT2D eigenvalue weighted by Gasteiger charge is 2.26. The number of sulfone groups is 1. The van der Waals surface area contributed by atoms with E-state index in [1.165, 1.54) is 6.26 Å². The van der Waals surface area contributed by atoms with Gasteiger partial charge in [0.05, 0.1) is 16.5 Å². The first-order chi connectivity index (χ1) is 10.5. The van der Waals surface area contributed by atoms with Gasteiger partial charge in [0.15, 0.2) is 15.7 Å². The van der Waals surface area contributed by atoms with Crippen LogP contribution in [0.2, 0.25) is 0 Å². The van der Waals surface area contributed by atoms with Crippen LogP contribution in [0.3, 0.4) is 0 Å². The maximum absolute atomic E-state index is 11.9. The zero-order valence-corrected chi connectivity index (χ0v) is 13.3. The molecule has 0 aliphatic carbocycles. The highest BCUT2D eigenvalue weighted by Crippen LogP contribution is 2.27. The summed E-state index contributed by atoms with van der Waals surface area (Å²) in [6.07, 6.45) is 1.17. The van der Waals surface area contributed by atoms with Gasteiger partial charge in [-0.05, 0) is 19.2 Å². The van der Waals surface area contributed by atoms with Crippen LogP contribution >= 0.6 is 0 Å². The van der Waals surface area contributed by atoms with Gasteiger partial charge < -0.3 is 9.84 Å². The van der Waals surface area contributed by atoms with Crippen molar-refractivity contribution in [1.82, 2.24) is 20.4 Å². The number of hydrogen-bond acceptors (Lipinski definition) is 7. The number of aromatic nitrogens is 2.